The van der Waals surface area contributed by atoms with Crippen LogP contribution < -0.4 is 4.72 Å². The molecule has 1 aromatic heterocycles. The summed E-state index contributed by atoms with van der Waals surface area (Å²) < 4.78 is 41.1. The van der Waals surface area contributed by atoms with Gasteiger partial charge < -0.3 is 4.90 Å². The Kier molecular flexibility index (Phi) is 6.67. The van der Waals surface area contributed by atoms with Crippen LogP contribution in [-0.2, 0) is 10.0 Å². The molecule has 1 fully saturated rings. The Hall–Kier alpha value is -1.29. The SMILES string of the molecule is O=C(c1ccc(F)cc1)N1CCC(CCNS(=O)(=O)c2ccc(Br)s2)CC1. The van der Waals surface area contributed by atoms with Crippen LogP contribution in [0.2, 0.25) is 0 Å². The number of sulfonamides is 1. The first-order valence-corrected chi connectivity index (χ1v) is 11.7. The Morgan fingerprint density at radius 2 is 1.85 bits per heavy atom. The third kappa shape index (κ3) is 5.37. The fraction of sp³-hybridized carbons (Fsp3) is 0.389. The van der Waals surface area contributed by atoms with Gasteiger partial charge in [0.15, 0.2) is 0 Å². The molecule has 1 aliphatic rings. The number of piperidine rings is 1. The lowest BCUT2D eigenvalue weighted by atomic mass is 9.93. The van der Waals surface area contributed by atoms with E-state index in [4.69, 9.17) is 0 Å². The molecule has 146 valence electrons. The molecule has 1 N–H and O–H groups in total. The zero-order valence-electron chi connectivity index (χ0n) is 14.5. The van der Waals surface area contributed by atoms with E-state index < -0.39 is 10.0 Å². The van der Waals surface area contributed by atoms with Crippen LogP contribution in [0.4, 0.5) is 4.39 Å². The van der Waals surface area contributed by atoms with Gasteiger partial charge in [-0.1, -0.05) is 0 Å². The number of halogens is 2. The molecule has 0 radical (unpaired) electrons. The zero-order valence-corrected chi connectivity index (χ0v) is 17.7. The van der Waals surface area contributed by atoms with Gasteiger partial charge in [0.1, 0.15) is 10.0 Å². The Morgan fingerprint density at radius 3 is 2.44 bits per heavy atom. The molecule has 0 unspecified atom stereocenters. The number of nitrogens with zero attached hydrogens (tertiary/aromatic N) is 1. The second-order valence-electron chi connectivity index (χ2n) is 6.49. The fourth-order valence-electron chi connectivity index (χ4n) is 3.11. The summed E-state index contributed by atoms with van der Waals surface area (Å²) in [6, 6.07) is 8.88. The van der Waals surface area contributed by atoms with Crippen molar-refractivity contribution in [2.24, 2.45) is 5.92 Å². The second kappa shape index (κ2) is 8.81. The lowest BCUT2D eigenvalue weighted by Crippen LogP contribution is -2.39. The van der Waals surface area contributed by atoms with Crippen molar-refractivity contribution in [3.05, 3.63) is 51.6 Å². The monoisotopic (exact) mass is 474 g/mol. The quantitative estimate of drug-likeness (QED) is 0.690. The van der Waals surface area contributed by atoms with Crippen molar-refractivity contribution < 1.29 is 17.6 Å². The largest absolute Gasteiger partial charge is 0.339 e. The van der Waals surface area contributed by atoms with E-state index >= 15 is 0 Å². The predicted molar refractivity (Wildman–Crippen MR) is 107 cm³/mol. The summed E-state index contributed by atoms with van der Waals surface area (Å²) in [6.07, 6.45) is 2.41. The predicted octanol–water partition coefficient (Wildman–Crippen LogP) is 3.87. The van der Waals surface area contributed by atoms with Crippen molar-refractivity contribution in [2.45, 2.75) is 23.5 Å². The number of nitrogens with one attached hydrogen (secondary N) is 1. The normalized spacial score (nSPS) is 15.9. The summed E-state index contributed by atoms with van der Waals surface area (Å²) in [5.41, 5.74) is 0.490. The van der Waals surface area contributed by atoms with E-state index in [0.717, 1.165) is 23.0 Å². The summed E-state index contributed by atoms with van der Waals surface area (Å²) in [7, 11) is -3.46. The van der Waals surface area contributed by atoms with Crippen molar-refractivity contribution in [3.63, 3.8) is 0 Å². The average molecular weight is 475 g/mol. The maximum absolute atomic E-state index is 13.0. The number of thiophene rings is 1. The smallest absolute Gasteiger partial charge is 0.253 e. The van der Waals surface area contributed by atoms with E-state index in [1.807, 2.05) is 0 Å². The van der Waals surface area contributed by atoms with Gasteiger partial charge in [0.25, 0.3) is 5.91 Å². The highest BCUT2D eigenvalue weighted by atomic mass is 79.9. The number of hydrogen-bond acceptors (Lipinski definition) is 4. The Balaban J connectivity index is 1.44. The van der Waals surface area contributed by atoms with Gasteiger partial charge in [0.05, 0.1) is 3.79 Å². The van der Waals surface area contributed by atoms with Crippen molar-refractivity contribution >= 4 is 43.2 Å². The number of carbonyl (C=O) groups excluding carboxylic acids is 1. The number of rotatable bonds is 6. The molecule has 0 saturated carbocycles. The summed E-state index contributed by atoms with van der Waals surface area (Å²) in [5, 5.41) is 0. The molecule has 9 heteroatoms. The van der Waals surface area contributed by atoms with E-state index in [0.29, 0.717) is 35.3 Å². The molecule has 5 nitrogen and oxygen atoms in total. The Labute approximate surface area is 170 Å². The van der Waals surface area contributed by atoms with Crippen molar-refractivity contribution in [3.8, 4) is 0 Å². The highest BCUT2D eigenvalue weighted by Gasteiger charge is 2.24. The van der Waals surface area contributed by atoms with Crippen LogP contribution >= 0.6 is 27.3 Å². The molecule has 0 atom stereocenters. The van der Waals surface area contributed by atoms with Gasteiger partial charge in [-0.25, -0.2) is 17.5 Å². The molecule has 1 amide bonds. The molecule has 0 aliphatic carbocycles. The van der Waals surface area contributed by atoms with Gasteiger partial charge >= 0.3 is 0 Å². The van der Waals surface area contributed by atoms with Crippen LogP contribution in [0, 0.1) is 11.7 Å². The summed E-state index contributed by atoms with van der Waals surface area (Å²) in [4.78, 5) is 14.2. The molecule has 2 aromatic rings. The molecule has 3 rings (SSSR count). The highest BCUT2D eigenvalue weighted by Crippen LogP contribution is 2.26. The maximum Gasteiger partial charge on any atom is 0.253 e. The highest BCUT2D eigenvalue weighted by molar-refractivity contribution is 9.11. The van der Waals surface area contributed by atoms with Crippen LogP contribution in [0.15, 0.2) is 44.4 Å². The van der Waals surface area contributed by atoms with E-state index in [1.54, 1.807) is 17.0 Å². The zero-order chi connectivity index (χ0) is 19.4. The topological polar surface area (TPSA) is 66.5 Å². The number of likely N-dealkylation sites (tertiary alicyclic amines) is 1. The standard InChI is InChI=1S/C18H20BrFN2O3S2/c19-16-5-6-17(26-16)27(24,25)21-10-7-13-8-11-22(12-9-13)18(23)14-1-3-15(20)4-2-14/h1-6,13,21H,7-12H2. The number of hydrogen-bond donors (Lipinski definition) is 1. The minimum atomic E-state index is -3.46. The van der Waals surface area contributed by atoms with Crippen molar-refractivity contribution in [1.29, 1.82) is 0 Å². The third-order valence-electron chi connectivity index (χ3n) is 4.65. The summed E-state index contributed by atoms with van der Waals surface area (Å²) in [5.74, 6) is -0.0694. The van der Waals surface area contributed by atoms with Crippen LogP contribution in [-0.4, -0.2) is 38.9 Å². The van der Waals surface area contributed by atoms with E-state index in [9.17, 15) is 17.6 Å². The fourth-order valence-corrected chi connectivity index (χ4v) is 6.21. The third-order valence-corrected chi connectivity index (χ3v) is 8.23. The lowest BCUT2D eigenvalue weighted by Gasteiger charge is -2.32. The lowest BCUT2D eigenvalue weighted by molar-refractivity contribution is 0.0687. The van der Waals surface area contributed by atoms with Gasteiger partial charge in [-0.05, 0) is 77.5 Å². The van der Waals surface area contributed by atoms with Crippen LogP contribution in [0.1, 0.15) is 29.6 Å². The molecule has 1 aliphatic heterocycles. The van der Waals surface area contributed by atoms with Crippen LogP contribution in [0.3, 0.4) is 0 Å². The van der Waals surface area contributed by atoms with Crippen molar-refractivity contribution in [1.82, 2.24) is 9.62 Å². The minimum absolute atomic E-state index is 0.0857. The van der Waals surface area contributed by atoms with E-state index in [1.165, 1.54) is 35.6 Å². The average Bonchev–Trinajstić information content (AvgIpc) is 3.10. The van der Waals surface area contributed by atoms with Gasteiger partial charge in [-0.15, -0.1) is 11.3 Å². The molecule has 2 heterocycles. The maximum atomic E-state index is 13.0. The number of amides is 1. The first-order chi connectivity index (χ1) is 12.8. The number of carbonyl (C=O) groups is 1. The Morgan fingerprint density at radius 1 is 1.19 bits per heavy atom. The Bertz CT molecular complexity index is 892. The molecule has 0 spiro atoms. The van der Waals surface area contributed by atoms with Gasteiger partial charge in [-0.3, -0.25) is 4.79 Å². The van der Waals surface area contributed by atoms with E-state index in [-0.39, 0.29) is 11.7 Å². The molecular weight excluding hydrogens is 455 g/mol. The summed E-state index contributed by atoms with van der Waals surface area (Å²) in [6.45, 7) is 1.64. The van der Waals surface area contributed by atoms with Gasteiger partial charge in [-0.2, -0.15) is 0 Å². The van der Waals surface area contributed by atoms with Crippen LogP contribution in [0.25, 0.3) is 0 Å². The number of benzene rings is 1. The molecule has 0 bridgehead atoms. The van der Waals surface area contributed by atoms with Gasteiger partial charge in [0.2, 0.25) is 10.0 Å². The van der Waals surface area contributed by atoms with Crippen molar-refractivity contribution in [2.75, 3.05) is 19.6 Å². The van der Waals surface area contributed by atoms with Gasteiger partial charge in [0, 0.05) is 25.2 Å². The molecular formula is C18H20BrFN2O3S2. The van der Waals surface area contributed by atoms with Crippen LogP contribution in [0.5, 0.6) is 0 Å². The summed E-state index contributed by atoms with van der Waals surface area (Å²) >= 11 is 4.45. The first-order valence-electron chi connectivity index (χ1n) is 8.65. The molecule has 1 aromatic carbocycles. The first kappa shape index (κ1) is 20.4. The second-order valence-corrected chi connectivity index (χ2v) is 10.9. The molecule has 27 heavy (non-hydrogen) atoms. The minimum Gasteiger partial charge on any atom is -0.339 e. The van der Waals surface area contributed by atoms with E-state index in [2.05, 4.69) is 20.7 Å². The molecule has 1 saturated heterocycles.